The standard InChI is InChI=1S/C22H30N8O.HI/c1-3-23-22(26-19-8-9-21-27-20(16-31-2)28-30(21)15-19)24-13-17-6-4-7-18(12-17)14-29-11-5-10-25-29;/h4-7,10-12,19H,3,8-9,13-16H2,1-2H3,(H2,23,24,26);1H. The van der Waals surface area contributed by atoms with Gasteiger partial charge in [0.2, 0.25) is 0 Å². The second kappa shape index (κ2) is 12.0. The van der Waals surface area contributed by atoms with E-state index in [1.54, 1.807) is 13.3 Å². The molecule has 1 atom stereocenters. The number of nitrogens with zero attached hydrogens (tertiary/aromatic N) is 6. The smallest absolute Gasteiger partial charge is 0.191 e. The number of fused-ring (bicyclic) bond motifs is 1. The van der Waals surface area contributed by atoms with E-state index in [0.29, 0.717) is 13.2 Å². The molecule has 0 saturated carbocycles. The van der Waals surface area contributed by atoms with E-state index >= 15 is 0 Å². The van der Waals surface area contributed by atoms with Gasteiger partial charge in [-0.25, -0.2) is 14.7 Å². The summed E-state index contributed by atoms with van der Waals surface area (Å²) in [5.74, 6) is 2.60. The zero-order valence-corrected chi connectivity index (χ0v) is 20.9. The fourth-order valence-corrected chi connectivity index (χ4v) is 3.76. The first-order valence-electron chi connectivity index (χ1n) is 10.7. The Morgan fingerprint density at radius 2 is 2.16 bits per heavy atom. The number of ether oxygens (including phenoxy) is 1. The molecule has 1 aliphatic heterocycles. The van der Waals surface area contributed by atoms with Gasteiger partial charge in [-0.15, -0.1) is 24.0 Å². The van der Waals surface area contributed by atoms with Crippen LogP contribution in [-0.2, 0) is 37.4 Å². The van der Waals surface area contributed by atoms with Gasteiger partial charge in [-0.05, 0) is 30.5 Å². The largest absolute Gasteiger partial charge is 0.377 e. The number of rotatable bonds is 8. The monoisotopic (exact) mass is 550 g/mol. The number of aromatic nitrogens is 5. The summed E-state index contributed by atoms with van der Waals surface area (Å²) < 4.78 is 9.06. The Kier molecular flexibility index (Phi) is 9.03. The van der Waals surface area contributed by atoms with Crippen molar-refractivity contribution in [3.8, 4) is 0 Å². The predicted octanol–water partition coefficient (Wildman–Crippen LogP) is 2.36. The molecule has 2 aromatic heterocycles. The van der Waals surface area contributed by atoms with E-state index in [1.165, 1.54) is 11.1 Å². The molecular formula is C22H31IN8O. The molecule has 3 heterocycles. The van der Waals surface area contributed by atoms with Crippen molar-refractivity contribution in [3.63, 3.8) is 0 Å². The lowest BCUT2D eigenvalue weighted by atomic mass is 10.1. The lowest BCUT2D eigenvalue weighted by Crippen LogP contribution is -2.47. The van der Waals surface area contributed by atoms with Gasteiger partial charge in [0.1, 0.15) is 12.4 Å². The van der Waals surface area contributed by atoms with Gasteiger partial charge in [-0.1, -0.05) is 24.3 Å². The van der Waals surface area contributed by atoms with Gasteiger partial charge in [0.05, 0.1) is 19.6 Å². The minimum atomic E-state index is 0. The fraction of sp³-hybridized carbons (Fsp3) is 0.455. The molecule has 9 nitrogen and oxygen atoms in total. The first kappa shape index (κ1) is 24.2. The maximum atomic E-state index is 5.15. The highest BCUT2D eigenvalue weighted by Gasteiger charge is 2.22. The van der Waals surface area contributed by atoms with E-state index in [0.717, 1.165) is 50.1 Å². The third-order valence-corrected chi connectivity index (χ3v) is 5.18. The summed E-state index contributed by atoms with van der Waals surface area (Å²) in [5, 5.41) is 15.8. The van der Waals surface area contributed by atoms with Crippen LogP contribution in [0.4, 0.5) is 0 Å². The first-order valence-corrected chi connectivity index (χ1v) is 10.7. The number of hydrogen-bond donors (Lipinski definition) is 2. The average molecular weight is 550 g/mol. The molecule has 172 valence electrons. The van der Waals surface area contributed by atoms with Crippen LogP contribution in [0.15, 0.2) is 47.7 Å². The van der Waals surface area contributed by atoms with E-state index in [2.05, 4.69) is 57.0 Å². The highest BCUT2D eigenvalue weighted by molar-refractivity contribution is 14.0. The van der Waals surface area contributed by atoms with Crippen molar-refractivity contribution in [3.05, 3.63) is 65.5 Å². The van der Waals surface area contributed by atoms with Crippen molar-refractivity contribution in [2.75, 3.05) is 13.7 Å². The number of nitrogens with one attached hydrogen (secondary N) is 2. The maximum Gasteiger partial charge on any atom is 0.191 e. The molecule has 3 aromatic rings. The lowest BCUT2D eigenvalue weighted by molar-refractivity contribution is 0.177. The molecule has 2 N–H and O–H groups in total. The molecule has 0 fully saturated rings. The fourth-order valence-electron chi connectivity index (χ4n) is 3.76. The van der Waals surface area contributed by atoms with E-state index in [-0.39, 0.29) is 30.0 Å². The van der Waals surface area contributed by atoms with Gasteiger partial charge in [0, 0.05) is 38.5 Å². The second-order valence-corrected chi connectivity index (χ2v) is 7.66. The van der Waals surface area contributed by atoms with E-state index in [1.807, 2.05) is 21.6 Å². The molecule has 1 unspecified atom stereocenters. The molecule has 0 amide bonds. The lowest BCUT2D eigenvalue weighted by Gasteiger charge is -2.25. The van der Waals surface area contributed by atoms with Gasteiger partial charge in [0.25, 0.3) is 0 Å². The number of methoxy groups -OCH3 is 1. The highest BCUT2D eigenvalue weighted by atomic mass is 127. The van der Waals surface area contributed by atoms with Crippen LogP contribution >= 0.6 is 24.0 Å². The van der Waals surface area contributed by atoms with Gasteiger partial charge in [-0.2, -0.15) is 10.2 Å². The molecule has 4 rings (SSSR count). The molecular weight excluding hydrogens is 519 g/mol. The second-order valence-electron chi connectivity index (χ2n) is 7.66. The Morgan fingerprint density at radius 3 is 2.94 bits per heavy atom. The van der Waals surface area contributed by atoms with Crippen molar-refractivity contribution in [1.82, 2.24) is 35.2 Å². The molecule has 0 bridgehead atoms. The summed E-state index contributed by atoms with van der Waals surface area (Å²) in [5.41, 5.74) is 2.39. The SMILES string of the molecule is CCNC(=NCc1cccc(Cn2cccn2)c1)NC1CCc2nc(COC)nn2C1.I. The summed E-state index contributed by atoms with van der Waals surface area (Å²) in [6.07, 6.45) is 5.66. The number of aryl methyl sites for hydroxylation is 1. The molecule has 1 aromatic carbocycles. The Balaban J connectivity index is 0.00000289. The van der Waals surface area contributed by atoms with Gasteiger partial charge in [0.15, 0.2) is 11.8 Å². The number of aliphatic imine (C=N–C) groups is 1. The molecule has 1 aliphatic rings. The van der Waals surface area contributed by atoms with Crippen LogP contribution in [0.3, 0.4) is 0 Å². The highest BCUT2D eigenvalue weighted by Crippen LogP contribution is 2.14. The average Bonchev–Trinajstić information content (AvgIpc) is 3.42. The van der Waals surface area contributed by atoms with Crippen LogP contribution in [0, 0.1) is 0 Å². The Bertz CT molecular complexity index is 1000. The Hall–Kier alpha value is -2.47. The van der Waals surface area contributed by atoms with Crippen LogP contribution in [0.2, 0.25) is 0 Å². The van der Waals surface area contributed by atoms with Crippen LogP contribution in [-0.4, -0.2) is 50.2 Å². The van der Waals surface area contributed by atoms with E-state index in [4.69, 9.17) is 9.73 Å². The van der Waals surface area contributed by atoms with Crippen molar-refractivity contribution in [2.45, 2.75) is 52.0 Å². The van der Waals surface area contributed by atoms with E-state index in [9.17, 15) is 0 Å². The summed E-state index contributed by atoms with van der Waals surface area (Å²) in [7, 11) is 1.66. The third-order valence-electron chi connectivity index (χ3n) is 5.18. The maximum absolute atomic E-state index is 5.15. The van der Waals surface area contributed by atoms with Crippen molar-refractivity contribution >= 4 is 29.9 Å². The van der Waals surface area contributed by atoms with Crippen LogP contribution < -0.4 is 10.6 Å². The normalized spacial score (nSPS) is 15.7. The van der Waals surface area contributed by atoms with Crippen LogP contribution in [0.1, 0.15) is 36.1 Å². The minimum Gasteiger partial charge on any atom is -0.377 e. The summed E-state index contributed by atoms with van der Waals surface area (Å²) in [6, 6.07) is 10.7. The third kappa shape index (κ3) is 6.52. The number of hydrogen-bond acceptors (Lipinski definition) is 5. The number of benzene rings is 1. The van der Waals surface area contributed by atoms with Crippen molar-refractivity contribution in [2.24, 2.45) is 4.99 Å². The molecule has 0 spiro atoms. The molecule has 10 heteroatoms. The summed E-state index contributed by atoms with van der Waals surface area (Å²) in [6.45, 7) is 5.48. The molecule has 32 heavy (non-hydrogen) atoms. The Morgan fingerprint density at radius 1 is 1.28 bits per heavy atom. The summed E-state index contributed by atoms with van der Waals surface area (Å²) in [4.78, 5) is 9.36. The number of guanidine groups is 1. The van der Waals surface area contributed by atoms with Gasteiger partial charge in [-0.3, -0.25) is 4.68 Å². The van der Waals surface area contributed by atoms with Crippen LogP contribution in [0.5, 0.6) is 0 Å². The zero-order valence-electron chi connectivity index (χ0n) is 18.6. The first-order chi connectivity index (χ1) is 15.2. The molecule has 0 radical (unpaired) electrons. The van der Waals surface area contributed by atoms with Gasteiger partial charge < -0.3 is 15.4 Å². The van der Waals surface area contributed by atoms with E-state index < -0.39 is 0 Å². The topological polar surface area (TPSA) is 94.2 Å². The predicted molar refractivity (Wildman–Crippen MR) is 134 cm³/mol. The van der Waals surface area contributed by atoms with Crippen molar-refractivity contribution < 1.29 is 4.74 Å². The molecule has 0 aliphatic carbocycles. The van der Waals surface area contributed by atoms with Crippen LogP contribution in [0.25, 0.3) is 0 Å². The molecule has 0 saturated heterocycles. The van der Waals surface area contributed by atoms with Crippen molar-refractivity contribution in [1.29, 1.82) is 0 Å². The quantitative estimate of drug-likeness (QED) is 0.254. The minimum absolute atomic E-state index is 0. The Labute approximate surface area is 205 Å². The van der Waals surface area contributed by atoms with Gasteiger partial charge >= 0.3 is 0 Å². The zero-order chi connectivity index (χ0) is 21.5. The number of halogens is 1. The summed E-state index contributed by atoms with van der Waals surface area (Å²) >= 11 is 0.